The third-order valence-electron chi connectivity index (χ3n) is 4.92. The molecule has 0 radical (unpaired) electrons. The molecule has 2 aromatic rings. The molecule has 8 heteroatoms. The van der Waals surface area contributed by atoms with Crippen LogP contribution < -0.4 is 9.47 Å². The fourth-order valence-corrected chi connectivity index (χ4v) is 3.67. The molecule has 1 aliphatic rings. The minimum atomic E-state index is -0.922. The molecule has 0 saturated carbocycles. The maximum absolute atomic E-state index is 12.9. The molecule has 1 aliphatic heterocycles. The number of hydrazone groups is 1. The smallest absolute Gasteiger partial charge is 0.303 e. The van der Waals surface area contributed by atoms with Gasteiger partial charge in [-0.05, 0) is 42.3 Å². The zero-order valence-electron chi connectivity index (χ0n) is 16.8. The summed E-state index contributed by atoms with van der Waals surface area (Å²) in [6.45, 7) is 0. The summed E-state index contributed by atoms with van der Waals surface area (Å²) in [4.78, 5) is 23.8. The van der Waals surface area contributed by atoms with Crippen LogP contribution in [0.1, 0.15) is 42.9 Å². The molecule has 158 valence electrons. The van der Waals surface area contributed by atoms with Crippen LogP contribution in [0.4, 0.5) is 0 Å². The van der Waals surface area contributed by atoms with Crippen molar-refractivity contribution < 1.29 is 24.2 Å². The summed E-state index contributed by atoms with van der Waals surface area (Å²) in [7, 11) is 3.16. The third-order valence-corrected chi connectivity index (χ3v) is 5.45. The van der Waals surface area contributed by atoms with E-state index >= 15 is 0 Å². The van der Waals surface area contributed by atoms with Crippen LogP contribution in [0, 0.1) is 0 Å². The van der Waals surface area contributed by atoms with E-state index in [2.05, 4.69) is 21.0 Å². The van der Waals surface area contributed by atoms with E-state index < -0.39 is 5.97 Å². The van der Waals surface area contributed by atoms with Gasteiger partial charge in [-0.3, -0.25) is 9.59 Å². The fourth-order valence-electron chi connectivity index (χ4n) is 3.40. The zero-order valence-corrected chi connectivity index (χ0v) is 18.4. The van der Waals surface area contributed by atoms with Gasteiger partial charge < -0.3 is 14.6 Å². The van der Waals surface area contributed by atoms with E-state index in [9.17, 15) is 9.59 Å². The van der Waals surface area contributed by atoms with Crippen LogP contribution in [0.2, 0.25) is 0 Å². The van der Waals surface area contributed by atoms with Crippen LogP contribution in [-0.4, -0.2) is 41.9 Å². The molecule has 1 atom stereocenters. The van der Waals surface area contributed by atoms with Crippen LogP contribution in [0.3, 0.4) is 0 Å². The standard InChI is InChI=1S/C22H23BrN2O5/c1-29-16-10-11-20(30-2)17(12-16)19-13-18(14-6-8-15(23)9-7-14)24-25(19)21(26)4-3-5-22(27)28/h6-12,19H,3-5,13H2,1-2H3,(H,27,28). The van der Waals surface area contributed by atoms with Gasteiger partial charge in [-0.15, -0.1) is 0 Å². The molecule has 1 amide bonds. The van der Waals surface area contributed by atoms with Crippen LogP contribution in [0.15, 0.2) is 52.0 Å². The maximum Gasteiger partial charge on any atom is 0.303 e. The first-order valence-corrected chi connectivity index (χ1v) is 10.3. The van der Waals surface area contributed by atoms with Crippen molar-refractivity contribution in [1.29, 1.82) is 0 Å². The first-order chi connectivity index (χ1) is 14.4. The summed E-state index contributed by atoms with van der Waals surface area (Å²) in [5, 5.41) is 14.9. The van der Waals surface area contributed by atoms with Gasteiger partial charge in [-0.25, -0.2) is 5.01 Å². The van der Waals surface area contributed by atoms with Crippen molar-refractivity contribution in [1.82, 2.24) is 5.01 Å². The molecule has 1 heterocycles. The lowest BCUT2D eigenvalue weighted by Crippen LogP contribution is -2.27. The summed E-state index contributed by atoms with van der Waals surface area (Å²) in [5.74, 6) is 0.144. The summed E-state index contributed by atoms with van der Waals surface area (Å²) < 4.78 is 11.8. The second-order valence-electron chi connectivity index (χ2n) is 6.87. The Morgan fingerprint density at radius 2 is 1.87 bits per heavy atom. The first-order valence-electron chi connectivity index (χ1n) is 9.52. The second-order valence-corrected chi connectivity index (χ2v) is 7.78. The Morgan fingerprint density at radius 3 is 2.50 bits per heavy atom. The molecule has 0 saturated heterocycles. The van der Waals surface area contributed by atoms with Crippen molar-refractivity contribution in [3.05, 3.63) is 58.1 Å². The van der Waals surface area contributed by atoms with Crippen molar-refractivity contribution in [2.45, 2.75) is 31.7 Å². The predicted octanol–water partition coefficient (Wildman–Crippen LogP) is 4.40. The van der Waals surface area contributed by atoms with Crippen molar-refractivity contribution in [3.8, 4) is 11.5 Å². The highest BCUT2D eigenvalue weighted by atomic mass is 79.9. The normalized spacial score (nSPS) is 15.6. The first kappa shape index (κ1) is 21.8. The number of rotatable bonds is 8. The van der Waals surface area contributed by atoms with Gasteiger partial charge in [-0.1, -0.05) is 28.1 Å². The van der Waals surface area contributed by atoms with E-state index in [1.54, 1.807) is 26.4 Å². The SMILES string of the molecule is COc1ccc(OC)c(C2CC(c3ccc(Br)cc3)=NN2C(=O)CCCC(=O)O)c1. The van der Waals surface area contributed by atoms with E-state index in [0.29, 0.717) is 17.9 Å². The quantitative estimate of drug-likeness (QED) is 0.612. The summed E-state index contributed by atoms with van der Waals surface area (Å²) in [6.07, 6.45) is 0.813. The summed E-state index contributed by atoms with van der Waals surface area (Å²) in [5.41, 5.74) is 2.49. The molecule has 0 spiro atoms. The van der Waals surface area contributed by atoms with Crippen molar-refractivity contribution in [2.75, 3.05) is 14.2 Å². The van der Waals surface area contributed by atoms with E-state index in [0.717, 1.165) is 21.3 Å². The molecular weight excluding hydrogens is 452 g/mol. The average Bonchev–Trinajstić information content (AvgIpc) is 3.18. The van der Waals surface area contributed by atoms with Crippen molar-refractivity contribution in [3.63, 3.8) is 0 Å². The molecule has 7 nitrogen and oxygen atoms in total. The molecule has 0 aromatic heterocycles. The van der Waals surface area contributed by atoms with E-state index in [1.807, 2.05) is 30.3 Å². The van der Waals surface area contributed by atoms with Crippen molar-refractivity contribution in [2.24, 2.45) is 5.10 Å². The topological polar surface area (TPSA) is 88.4 Å². The number of hydrogen-bond donors (Lipinski definition) is 1. The van der Waals surface area contributed by atoms with Gasteiger partial charge in [0.15, 0.2) is 0 Å². The molecule has 0 fully saturated rings. The number of amides is 1. The molecule has 2 aromatic carbocycles. The molecule has 1 N–H and O–H groups in total. The predicted molar refractivity (Wildman–Crippen MR) is 116 cm³/mol. The highest BCUT2D eigenvalue weighted by Gasteiger charge is 2.34. The van der Waals surface area contributed by atoms with Crippen molar-refractivity contribution >= 4 is 33.5 Å². The molecule has 0 bridgehead atoms. The van der Waals surface area contributed by atoms with Gasteiger partial charge >= 0.3 is 5.97 Å². The Morgan fingerprint density at radius 1 is 1.13 bits per heavy atom. The Bertz CT molecular complexity index is 959. The van der Waals surface area contributed by atoms with Gasteiger partial charge in [0, 0.05) is 29.3 Å². The van der Waals surface area contributed by atoms with E-state index in [1.165, 1.54) is 5.01 Å². The monoisotopic (exact) mass is 474 g/mol. The van der Waals surface area contributed by atoms with Gasteiger partial charge in [0.1, 0.15) is 11.5 Å². The Hall–Kier alpha value is -2.87. The van der Waals surface area contributed by atoms with Gasteiger partial charge in [0.2, 0.25) is 5.91 Å². The molecular formula is C22H23BrN2O5. The third kappa shape index (κ3) is 4.99. The number of carboxylic acid groups (broad SMARTS) is 1. The lowest BCUT2D eigenvalue weighted by atomic mass is 9.97. The van der Waals surface area contributed by atoms with Gasteiger partial charge in [-0.2, -0.15) is 5.10 Å². The number of ether oxygens (including phenoxy) is 2. The lowest BCUT2D eigenvalue weighted by molar-refractivity contribution is -0.137. The number of benzene rings is 2. The van der Waals surface area contributed by atoms with Gasteiger partial charge in [0.25, 0.3) is 0 Å². The number of nitrogens with zero attached hydrogens (tertiary/aromatic N) is 2. The van der Waals surface area contributed by atoms with Gasteiger partial charge in [0.05, 0.1) is 26.0 Å². The van der Waals surface area contributed by atoms with E-state index in [-0.39, 0.29) is 31.2 Å². The van der Waals surface area contributed by atoms with Crippen LogP contribution >= 0.6 is 15.9 Å². The molecule has 1 unspecified atom stereocenters. The van der Waals surface area contributed by atoms with Crippen LogP contribution in [0.25, 0.3) is 0 Å². The summed E-state index contributed by atoms with van der Waals surface area (Å²) >= 11 is 3.43. The highest BCUT2D eigenvalue weighted by Crippen LogP contribution is 2.39. The number of halogens is 1. The van der Waals surface area contributed by atoms with Crippen LogP contribution in [0.5, 0.6) is 11.5 Å². The summed E-state index contributed by atoms with van der Waals surface area (Å²) in [6, 6.07) is 12.8. The minimum Gasteiger partial charge on any atom is -0.497 e. The Labute approximate surface area is 183 Å². The number of carbonyl (C=O) groups excluding carboxylic acids is 1. The Kier molecular flexibility index (Phi) is 7.10. The number of aliphatic carboxylic acids is 1. The molecule has 3 rings (SSSR count). The van der Waals surface area contributed by atoms with E-state index in [4.69, 9.17) is 14.6 Å². The number of hydrogen-bond acceptors (Lipinski definition) is 5. The largest absolute Gasteiger partial charge is 0.497 e. The Balaban J connectivity index is 1.95. The minimum absolute atomic E-state index is 0.0595. The zero-order chi connectivity index (χ0) is 21.7. The maximum atomic E-state index is 12.9. The average molecular weight is 475 g/mol. The number of methoxy groups -OCH3 is 2. The molecule has 30 heavy (non-hydrogen) atoms. The van der Waals surface area contributed by atoms with Crippen LogP contribution in [-0.2, 0) is 9.59 Å². The molecule has 0 aliphatic carbocycles. The highest BCUT2D eigenvalue weighted by molar-refractivity contribution is 9.10. The second kappa shape index (κ2) is 9.75. The number of carboxylic acids is 1. The lowest BCUT2D eigenvalue weighted by Gasteiger charge is -2.24. The fraction of sp³-hybridized carbons (Fsp3) is 0.318. The number of carbonyl (C=O) groups is 2.